The van der Waals surface area contributed by atoms with E-state index in [-0.39, 0.29) is 12.1 Å². The summed E-state index contributed by atoms with van der Waals surface area (Å²) in [5, 5.41) is 0. The highest BCUT2D eigenvalue weighted by Gasteiger charge is 2.30. The highest BCUT2D eigenvalue weighted by atomic mass is 16.5. The number of hydrogen-bond acceptors (Lipinski definition) is 4. The summed E-state index contributed by atoms with van der Waals surface area (Å²) in [6.45, 7) is 6.82. The van der Waals surface area contributed by atoms with Gasteiger partial charge < -0.3 is 14.9 Å². The number of nitrogens with two attached hydrogens (primary N) is 1. The highest BCUT2D eigenvalue weighted by molar-refractivity contribution is 5.07. The van der Waals surface area contributed by atoms with Crippen molar-refractivity contribution >= 4 is 0 Å². The summed E-state index contributed by atoms with van der Waals surface area (Å²) in [5.41, 5.74) is 6.10. The van der Waals surface area contributed by atoms with E-state index in [1.54, 1.807) is 6.26 Å². The minimum atomic E-state index is 0.0526. The van der Waals surface area contributed by atoms with Crippen molar-refractivity contribution in [2.45, 2.75) is 38.5 Å². The van der Waals surface area contributed by atoms with Crippen LogP contribution in [0.3, 0.4) is 0 Å². The highest BCUT2D eigenvalue weighted by Crippen LogP contribution is 2.26. The van der Waals surface area contributed by atoms with Gasteiger partial charge in [-0.3, -0.25) is 4.90 Å². The quantitative estimate of drug-likeness (QED) is 0.868. The van der Waals surface area contributed by atoms with Crippen molar-refractivity contribution in [2.75, 3.05) is 19.7 Å². The maximum atomic E-state index is 6.10. The van der Waals surface area contributed by atoms with Crippen molar-refractivity contribution in [3.63, 3.8) is 0 Å². The molecule has 0 saturated carbocycles. The number of nitrogens with zero attached hydrogens (tertiary/aromatic N) is 1. The molecule has 3 unspecified atom stereocenters. The molecule has 1 aromatic heterocycles. The number of morpholine rings is 1. The van der Waals surface area contributed by atoms with Crippen molar-refractivity contribution in [1.29, 1.82) is 0 Å². The predicted molar refractivity (Wildman–Crippen MR) is 66.7 cm³/mol. The number of hydrogen-bond donors (Lipinski definition) is 1. The van der Waals surface area contributed by atoms with E-state index in [1.165, 1.54) is 0 Å². The van der Waals surface area contributed by atoms with Crippen molar-refractivity contribution in [3.8, 4) is 0 Å². The van der Waals surface area contributed by atoms with Gasteiger partial charge in [-0.2, -0.15) is 0 Å². The number of rotatable bonds is 4. The Hall–Kier alpha value is -0.840. The standard InChI is InChI=1S/C13H22N2O2/c1-3-11-9-15(6-8-16-11)13(10(2)14)12-5-4-7-17-12/h4-5,7,10-11,13H,3,6,8-9,14H2,1-2H3. The third kappa shape index (κ3) is 2.89. The predicted octanol–water partition coefficient (Wildman–Crippen LogP) is 1.78. The minimum absolute atomic E-state index is 0.0526. The fourth-order valence-corrected chi connectivity index (χ4v) is 2.47. The molecule has 2 heterocycles. The van der Waals surface area contributed by atoms with Crippen LogP contribution in [0.1, 0.15) is 32.1 Å². The molecule has 4 nitrogen and oxygen atoms in total. The molecule has 0 spiro atoms. The Morgan fingerprint density at radius 2 is 2.41 bits per heavy atom. The zero-order chi connectivity index (χ0) is 12.3. The van der Waals surface area contributed by atoms with E-state index in [0.717, 1.165) is 31.9 Å². The Morgan fingerprint density at radius 3 is 3.00 bits per heavy atom. The van der Waals surface area contributed by atoms with Crippen LogP contribution in [0.15, 0.2) is 22.8 Å². The van der Waals surface area contributed by atoms with Crippen LogP contribution in [0.25, 0.3) is 0 Å². The maximum Gasteiger partial charge on any atom is 0.122 e. The van der Waals surface area contributed by atoms with Gasteiger partial charge in [0, 0.05) is 19.1 Å². The SMILES string of the molecule is CCC1CN(C(c2ccco2)C(C)N)CCO1. The molecule has 1 aliphatic rings. The third-order valence-corrected chi connectivity index (χ3v) is 3.35. The van der Waals surface area contributed by atoms with Crippen LogP contribution in [0.4, 0.5) is 0 Å². The van der Waals surface area contributed by atoms with Crippen molar-refractivity contribution in [2.24, 2.45) is 5.73 Å². The van der Waals surface area contributed by atoms with Gasteiger partial charge in [0.25, 0.3) is 0 Å². The molecule has 3 atom stereocenters. The van der Waals surface area contributed by atoms with Crippen molar-refractivity contribution in [1.82, 2.24) is 4.90 Å². The maximum absolute atomic E-state index is 6.10. The Morgan fingerprint density at radius 1 is 1.59 bits per heavy atom. The van der Waals surface area contributed by atoms with Gasteiger partial charge in [0.2, 0.25) is 0 Å². The van der Waals surface area contributed by atoms with E-state index in [4.69, 9.17) is 14.9 Å². The van der Waals surface area contributed by atoms with E-state index in [9.17, 15) is 0 Å². The molecule has 2 rings (SSSR count). The second-order valence-electron chi connectivity index (χ2n) is 4.72. The zero-order valence-corrected chi connectivity index (χ0v) is 10.6. The molecule has 0 bridgehead atoms. The van der Waals surface area contributed by atoms with E-state index >= 15 is 0 Å². The fraction of sp³-hybridized carbons (Fsp3) is 0.692. The van der Waals surface area contributed by atoms with E-state index in [1.807, 2.05) is 19.1 Å². The molecule has 17 heavy (non-hydrogen) atoms. The lowest BCUT2D eigenvalue weighted by Gasteiger charge is -2.38. The molecule has 1 fully saturated rings. The van der Waals surface area contributed by atoms with E-state index in [0.29, 0.717) is 6.10 Å². The van der Waals surface area contributed by atoms with Gasteiger partial charge in [-0.25, -0.2) is 0 Å². The lowest BCUT2D eigenvalue weighted by atomic mass is 10.0. The summed E-state index contributed by atoms with van der Waals surface area (Å²) in [4.78, 5) is 2.38. The largest absolute Gasteiger partial charge is 0.468 e. The fourth-order valence-electron chi connectivity index (χ4n) is 2.47. The molecule has 4 heteroatoms. The van der Waals surface area contributed by atoms with Gasteiger partial charge in [0.05, 0.1) is 25.0 Å². The first-order valence-corrected chi connectivity index (χ1v) is 6.37. The summed E-state index contributed by atoms with van der Waals surface area (Å²) >= 11 is 0. The Balaban J connectivity index is 2.11. The molecule has 0 radical (unpaired) electrons. The van der Waals surface area contributed by atoms with Crippen LogP contribution in [0.2, 0.25) is 0 Å². The Bertz CT molecular complexity index is 324. The average molecular weight is 238 g/mol. The minimum Gasteiger partial charge on any atom is -0.468 e. The Labute approximate surface area is 103 Å². The monoisotopic (exact) mass is 238 g/mol. The molecule has 2 N–H and O–H groups in total. The van der Waals surface area contributed by atoms with E-state index in [2.05, 4.69) is 11.8 Å². The second-order valence-corrected chi connectivity index (χ2v) is 4.72. The molecule has 0 amide bonds. The van der Waals surface area contributed by atoms with Gasteiger partial charge in [-0.05, 0) is 25.5 Å². The molecule has 1 aromatic rings. The summed E-state index contributed by atoms with van der Waals surface area (Å²) in [6, 6.07) is 4.13. The van der Waals surface area contributed by atoms with Gasteiger partial charge in [-0.15, -0.1) is 0 Å². The molecule has 1 aliphatic heterocycles. The lowest BCUT2D eigenvalue weighted by molar-refractivity contribution is -0.0506. The molecular formula is C13H22N2O2. The first kappa shape index (κ1) is 12.6. The number of ether oxygens (including phenoxy) is 1. The number of furan rings is 1. The molecular weight excluding hydrogens is 216 g/mol. The average Bonchev–Trinajstić information content (AvgIpc) is 2.83. The Kier molecular flexibility index (Phi) is 4.20. The van der Waals surface area contributed by atoms with Crippen LogP contribution in [-0.2, 0) is 4.74 Å². The summed E-state index contributed by atoms with van der Waals surface area (Å²) in [5.74, 6) is 0.955. The molecule has 0 aromatic carbocycles. The van der Waals surface area contributed by atoms with Crippen LogP contribution in [-0.4, -0.2) is 36.7 Å². The van der Waals surface area contributed by atoms with Crippen LogP contribution in [0.5, 0.6) is 0 Å². The zero-order valence-electron chi connectivity index (χ0n) is 10.6. The van der Waals surface area contributed by atoms with Crippen molar-refractivity contribution < 1.29 is 9.15 Å². The molecule has 96 valence electrons. The van der Waals surface area contributed by atoms with Crippen molar-refractivity contribution in [3.05, 3.63) is 24.2 Å². The molecule has 1 saturated heterocycles. The third-order valence-electron chi connectivity index (χ3n) is 3.35. The van der Waals surface area contributed by atoms with Gasteiger partial charge in [0.15, 0.2) is 0 Å². The summed E-state index contributed by atoms with van der Waals surface area (Å²) in [7, 11) is 0. The first-order valence-electron chi connectivity index (χ1n) is 6.37. The normalized spacial score (nSPS) is 25.7. The summed E-state index contributed by atoms with van der Waals surface area (Å²) < 4.78 is 11.2. The molecule has 0 aliphatic carbocycles. The van der Waals surface area contributed by atoms with Gasteiger partial charge in [-0.1, -0.05) is 6.92 Å². The van der Waals surface area contributed by atoms with Gasteiger partial charge in [0.1, 0.15) is 5.76 Å². The van der Waals surface area contributed by atoms with Crippen LogP contribution in [0, 0.1) is 0 Å². The second kappa shape index (κ2) is 5.67. The smallest absolute Gasteiger partial charge is 0.122 e. The van der Waals surface area contributed by atoms with Gasteiger partial charge >= 0.3 is 0 Å². The topological polar surface area (TPSA) is 51.6 Å². The first-order chi connectivity index (χ1) is 8.22. The van der Waals surface area contributed by atoms with Crippen LogP contribution >= 0.6 is 0 Å². The van der Waals surface area contributed by atoms with Crippen LogP contribution < -0.4 is 5.73 Å². The lowest BCUT2D eigenvalue weighted by Crippen LogP contribution is -2.48. The van der Waals surface area contributed by atoms with E-state index < -0.39 is 0 Å². The summed E-state index contributed by atoms with van der Waals surface area (Å²) in [6.07, 6.45) is 3.07.